The van der Waals surface area contributed by atoms with Crippen LogP contribution in [0.5, 0.6) is 5.75 Å². The van der Waals surface area contributed by atoms with Gasteiger partial charge in [-0.05, 0) is 31.8 Å². The largest absolute Gasteiger partial charge is 0.504 e. The number of aryl methyl sites for hydroxylation is 1. The number of benzene rings is 1. The SMILES string of the molecule is CN(C)Cc1cc(F)c(O)c(-c2cc(N)n(C)n2)c1. The molecule has 19 heavy (non-hydrogen) atoms. The van der Waals surface area contributed by atoms with E-state index in [4.69, 9.17) is 5.73 Å². The minimum atomic E-state index is -0.654. The summed E-state index contributed by atoms with van der Waals surface area (Å²) in [7, 11) is 5.47. The number of phenolic OH excluding ortho intramolecular Hbond substituents is 1. The van der Waals surface area contributed by atoms with Crippen molar-refractivity contribution >= 4 is 5.82 Å². The fourth-order valence-corrected chi connectivity index (χ4v) is 1.92. The lowest BCUT2D eigenvalue weighted by Gasteiger charge is -2.12. The zero-order valence-electron chi connectivity index (χ0n) is 11.2. The molecule has 0 radical (unpaired) electrons. The lowest BCUT2D eigenvalue weighted by Crippen LogP contribution is -2.11. The van der Waals surface area contributed by atoms with Crippen molar-refractivity contribution in [3.63, 3.8) is 0 Å². The molecule has 1 aromatic carbocycles. The Balaban J connectivity index is 2.52. The molecule has 2 rings (SSSR count). The van der Waals surface area contributed by atoms with Crippen molar-refractivity contribution in [2.45, 2.75) is 6.54 Å². The third kappa shape index (κ3) is 2.68. The van der Waals surface area contributed by atoms with Gasteiger partial charge in [-0.2, -0.15) is 5.10 Å². The summed E-state index contributed by atoms with van der Waals surface area (Å²) in [4.78, 5) is 1.92. The summed E-state index contributed by atoms with van der Waals surface area (Å²) in [6.07, 6.45) is 0. The number of aromatic hydroxyl groups is 1. The minimum absolute atomic E-state index is 0.351. The van der Waals surface area contributed by atoms with Crippen LogP contribution in [0.3, 0.4) is 0 Å². The number of hydrogen-bond acceptors (Lipinski definition) is 4. The molecule has 3 N–H and O–H groups in total. The standard InChI is InChI=1S/C13H17FN4O/c1-17(2)7-8-4-9(13(19)10(14)5-8)11-6-12(15)18(3)16-11/h4-6,19H,7,15H2,1-3H3. The monoisotopic (exact) mass is 264 g/mol. The van der Waals surface area contributed by atoms with Gasteiger partial charge in [-0.15, -0.1) is 0 Å². The summed E-state index contributed by atoms with van der Waals surface area (Å²) in [5, 5.41) is 14.0. The highest BCUT2D eigenvalue weighted by Crippen LogP contribution is 2.32. The molecule has 0 saturated carbocycles. The molecule has 6 heteroatoms. The number of nitrogen functional groups attached to an aromatic ring is 1. The first-order valence-electron chi connectivity index (χ1n) is 5.84. The van der Waals surface area contributed by atoms with E-state index in [1.807, 2.05) is 19.0 Å². The van der Waals surface area contributed by atoms with Crippen LogP contribution in [0.1, 0.15) is 5.56 Å². The first-order chi connectivity index (χ1) is 8.88. The summed E-state index contributed by atoms with van der Waals surface area (Å²) in [6.45, 7) is 0.576. The van der Waals surface area contributed by atoms with Gasteiger partial charge in [0.15, 0.2) is 11.6 Å². The number of nitrogens with two attached hydrogens (primary N) is 1. The Hall–Kier alpha value is -2.08. The molecule has 0 amide bonds. The molecule has 0 aliphatic heterocycles. The summed E-state index contributed by atoms with van der Waals surface area (Å²) in [5.41, 5.74) is 7.27. The van der Waals surface area contributed by atoms with Crippen LogP contribution in [-0.2, 0) is 13.6 Å². The summed E-state index contributed by atoms with van der Waals surface area (Å²) in [6, 6.07) is 4.65. The Morgan fingerprint density at radius 2 is 2.05 bits per heavy atom. The van der Waals surface area contributed by atoms with Gasteiger partial charge >= 0.3 is 0 Å². The summed E-state index contributed by atoms with van der Waals surface area (Å²) in [5.74, 6) is -0.605. The van der Waals surface area contributed by atoms with E-state index in [1.54, 1.807) is 19.2 Å². The van der Waals surface area contributed by atoms with Gasteiger partial charge in [-0.1, -0.05) is 0 Å². The average Bonchev–Trinajstić information content (AvgIpc) is 2.63. The first kappa shape index (κ1) is 13.4. The summed E-state index contributed by atoms with van der Waals surface area (Å²) < 4.78 is 15.2. The number of halogens is 1. The third-order valence-electron chi connectivity index (χ3n) is 2.81. The van der Waals surface area contributed by atoms with Crippen LogP contribution >= 0.6 is 0 Å². The van der Waals surface area contributed by atoms with E-state index in [9.17, 15) is 9.50 Å². The molecule has 0 fully saturated rings. The van der Waals surface area contributed by atoms with Crippen molar-refractivity contribution in [1.29, 1.82) is 0 Å². The Morgan fingerprint density at radius 1 is 1.37 bits per heavy atom. The van der Waals surface area contributed by atoms with E-state index in [1.165, 1.54) is 10.7 Å². The predicted molar refractivity (Wildman–Crippen MR) is 72.1 cm³/mol. The molecule has 0 atom stereocenters. The molecule has 2 aromatic rings. The second-order valence-corrected chi connectivity index (χ2v) is 4.79. The number of hydrogen-bond donors (Lipinski definition) is 2. The second kappa shape index (κ2) is 4.89. The van der Waals surface area contributed by atoms with E-state index in [0.29, 0.717) is 23.6 Å². The van der Waals surface area contributed by atoms with E-state index in [-0.39, 0.29) is 0 Å². The highest BCUT2D eigenvalue weighted by Gasteiger charge is 2.15. The first-order valence-corrected chi connectivity index (χ1v) is 5.84. The maximum absolute atomic E-state index is 13.7. The fourth-order valence-electron chi connectivity index (χ4n) is 1.92. The van der Waals surface area contributed by atoms with Crippen molar-refractivity contribution in [3.05, 3.63) is 29.6 Å². The van der Waals surface area contributed by atoms with Crippen molar-refractivity contribution in [3.8, 4) is 17.0 Å². The Labute approximate surface area is 111 Å². The second-order valence-electron chi connectivity index (χ2n) is 4.79. The van der Waals surface area contributed by atoms with Crippen LogP contribution < -0.4 is 5.73 Å². The molecule has 1 aromatic heterocycles. The molecule has 0 bridgehead atoms. The number of nitrogens with zero attached hydrogens (tertiary/aromatic N) is 3. The van der Waals surface area contributed by atoms with Gasteiger partial charge in [0.25, 0.3) is 0 Å². The van der Waals surface area contributed by atoms with Gasteiger partial charge < -0.3 is 15.7 Å². The smallest absolute Gasteiger partial charge is 0.165 e. The normalized spacial score (nSPS) is 11.2. The third-order valence-corrected chi connectivity index (χ3v) is 2.81. The molecule has 102 valence electrons. The average molecular weight is 264 g/mol. The topological polar surface area (TPSA) is 67.3 Å². The lowest BCUT2D eigenvalue weighted by molar-refractivity contribution is 0.398. The quantitative estimate of drug-likeness (QED) is 0.883. The zero-order valence-corrected chi connectivity index (χ0v) is 11.2. The number of aromatic nitrogens is 2. The Kier molecular flexibility index (Phi) is 3.44. The zero-order chi connectivity index (χ0) is 14.2. The number of rotatable bonds is 3. The van der Waals surface area contributed by atoms with Crippen LogP contribution in [0.15, 0.2) is 18.2 Å². The predicted octanol–water partition coefficient (Wildman–Crippen LogP) is 1.58. The van der Waals surface area contributed by atoms with Gasteiger partial charge in [0, 0.05) is 25.2 Å². The van der Waals surface area contributed by atoms with E-state index < -0.39 is 11.6 Å². The highest BCUT2D eigenvalue weighted by molar-refractivity contribution is 5.70. The van der Waals surface area contributed by atoms with Crippen LogP contribution in [0.2, 0.25) is 0 Å². The van der Waals surface area contributed by atoms with Gasteiger partial charge in [0.2, 0.25) is 0 Å². The highest BCUT2D eigenvalue weighted by atomic mass is 19.1. The molecule has 1 heterocycles. The maximum atomic E-state index is 13.7. The Morgan fingerprint density at radius 3 is 2.58 bits per heavy atom. The number of anilines is 1. The van der Waals surface area contributed by atoms with E-state index in [0.717, 1.165) is 5.56 Å². The van der Waals surface area contributed by atoms with Gasteiger partial charge in [-0.3, -0.25) is 4.68 Å². The molecule has 0 aliphatic carbocycles. The molecular formula is C13H17FN4O. The van der Waals surface area contributed by atoms with E-state index >= 15 is 0 Å². The lowest BCUT2D eigenvalue weighted by atomic mass is 10.1. The molecule has 0 spiro atoms. The maximum Gasteiger partial charge on any atom is 0.165 e. The summed E-state index contributed by atoms with van der Waals surface area (Å²) >= 11 is 0. The fraction of sp³-hybridized carbons (Fsp3) is 0.308. The van der Waals surface area contributed by atoms with E-state index in [2.05, 4.69) is 5.10 Å². The van der Waals surface area contributed by atoms with Crippen LogP contribution in [0.25, 0.3) is 11.3 Å². The van der Waals surface area contributed by atoms with Crippen molar-refractivity contribution in [1.82, 2.24) is 14.7 Å². The van der Waals surface area contributed by atoms with Crippen molar-refractivity contribution in [2.75, 3.05) is 19.8 Å². The molecule has 0 saturated heterocycles. The Bertz CT molecular complexity index is 587. The van der Waals surface area contributed by atoms with Crippen LogP contribution in [0, 0.1) is 5.82 Å². The molecule has 5 nitrogen and oxygen atoms in total. The van der Waals surface area contributed by atoms with Crippen molar-refractivity contribution < 1.29 is 9.50 Å². The van der Waals surface area contributed by atoms with Crippen LogP contribution in [-0.4, -0.2) is 33.9 Å². The van der Waals surface area contributed by atoms with Crippen molar-refractivity contribution in [2.24, 2.45) is 7.05 Å². The minimum Gasteiger partial charge on any atom is -0.504 e. The van der Waals surface area contributed by atoms with Gasteiger partial charge in [0.1, 0.15) is 5.82 Å². The molecular weight excluding hydrogens is 247 g/mol. The van der Waals surface area contributed by atoms with Gasteiger partial charge in [0.05, 0.1) is 5.69 Å². The van der Waals surface area contributed by atoms with Gasteiger partial charge in [-0.25, -0.2) is 4.39 Å². The molecule has 0 unspecified atom stereocenters. The van der Waals surface area contributed by atoms with Crippen LogP contribution in [0.4, 0.5) is 10.2 Å². The number of phenols is 1. The molecule has 0 aliphatic rings.